The minimum atomic E-state index is -0.181. The fourth-order valence-corrected chi connectivity index (χ4v) is 2.57. The van der Waals surface area contributed by atoms with Crippen molar-refractivity contribution in [1.82, 2.24) is 0 Å². The second-order valence-electron chi connectivity index (χ2n) is 5.88. The Morgan fingerprint density at radius 1 is 0.958 bits per heavy atom. The van der Waals surface area contributed by atoms with E-state index in [0.717, 1.165) is 17.7 Å². The van der Waals surface area contributed by atoms with Crippen LogP contribution in [0.25, 0.3) is 0 Å². The Labute approximate surface area is 144 Å². The molecule has 3 nitrogen and oxygen atoms in total. The van der Waals surface area contributed by atoms with Gasteiger partial charge in [-0.2, -0.15) is 0 Å². The topological polar surface area (TPSA) is 35.5 Å². The molecule has 0 unspecified atom stereocenters. The largest absolute Gasteiger partial charge is 0.489 e. The molecule has 0 spiro atoms. The Balaban J connectivity index is 1.89. The van der Waals surface area contributed by atoms with E-state index in [9.17, 15) is 4.79 Å². The van der Waals surface area contributed by atoms with Crippen molar-refractivity contribution in [2.75, 3.05) is 7.11 Å². The van der Waals surface area contributed by atoms with E-state index in [4.69, 9.17) is 4.74 Å². The molecule has 2 aromatic rings. The van der Waals surface area contributed by atoms with Gasteiger partial charge in [0.2, 0.25) is 0 Å². The number of hydrogen-bond acceptors (Lipinski definition) is 3. The number of rotatable bonds is 9. The molecule has 0 aliphatic heterocycles. The highest BCUT2D eigenvalue weighted by Gasteiger charge is 2.04. The molecule has 0 heterocycles. The van der Waals surface area contributed by atoms with E-state index in [1.165, 1.54) is 31.1 Å². The van der Waals surface area contributed by atoms with E-state index in [2.05, 4.69) is 35.9 Å². The molecule has 0 bridgehead atoms. The smallest absolute Gasteiger partial charge is 0.305 e. The highest BCUT2D eigenvalue weighted by molar-refractivity contribution is 5.69. The number of methoxy groups -OCH3 is 1. The first-order valence-electron chi connectivity index (χ1n) is 8.58. The van der Waals surface area contributed by atoms with E-state index < -0.39 is 0 Å². The Morgan fingerprint density at radius 3 is 2.33 bits per heavy atom. The molecule has 2 aromatic carbocycles. The second kappa shape index (κ2) is 9.76. The summed E-state index contributed by atoms with van der Waals surface area (Å²) < 4.78 is 10.6. The maximum atomic E-state index is 11.2. The summed E-state index contributed by atoms with van der Waals surface area (Å²) in [6.45, 7) is 2.79. The Bertz CT molecular complexity index is 632. The summed E-state index contributed by atoms with van der Waals surface area (Å²) in [7, 11) is 1.41. The maximum absolute atomic E-state index is 11.2. The third-order valence-corrected chi connectivity index (χ3v) is 4.08. The van der Waals surface area contributed by atoms with Crippen molar-refractivity contribution < 1.29 is 14.3 Å². The van der Waals surface area contributed by atoms with Gasteiger partial charge < -0.3 is 9.47 Å². The zero-order valence-electron chi connectivity index (χ0n) is 14.6. The highest BCUT2D eigenvalue weighted by atomic mass is 16.5. The van der Waals surface area contributed by atoms with Crippen LogP contribution in [0, 0.1) is 0 Å². The number of esters is 1. The van der Waals surface area contributed by atoms with Crippen molar-refractivity contribution in [3.8, 4) is 5.75 Å². The third-order valence-electron chi connectivity index (χ3n) is 4.08. The number of ether oxygens (including phenoxy) is 2. The molecule has 0 N–H and O–H groups in total. The first-order chi connectivity index (χ1) is 11.7. The van der Waals surface area contributed by atoms with Gasteiger partial charge in [0, 0.05) is 6.42 Å². The molecular weight excluding hydrogens is 300 g/mol. The normalized spacial score (nSPS) is 10.4. The third kappa shape index (κ3) is 5.73. The molecular formula is C21H26O3. The van der Waals surface area contributed by atoms with Gasteiger partial charge in [-0.1, -0.05) is 49.7 Å². The highest BCUT2D eigenvalue weighted by Crippen LogP contribution is 2.18. The zero-order valence-corrected chi connectivity index (χ0v) is 14.6. The summed E-state index contributed by atoms with van der Waals surface area (Å²) in [4.78, 5) is 11.2. The van der Waals surface area contributed by atoms with Crippen LogP contribution >= 0.6 is 0 Å². The van der Waals surface area contributed by atoms with Crippen molar-refractivity contribution in [3.63, 3.8) is 0 Å². The molecule has 0 aromatic heterocycles. The average Bonchev–Trinajstić information content (AvgIpc) is 2.64. The molecule has 0 atom stereocenters. The number of unbranched alkanes of at least 4 members (excludes halogenated alkanes) is 1. The number of carbonyl (C=O) groups is 1. The number of benzene rings is 2. The predicted octanol–water partition coefficient (Wildman–Crippen LogP) is 4.71. The van der Waals surface area contributed by atoms with E-state index in [0.29, 0.717) is 19.4 Å². The maximum Gasteiger partial charge on any atom is 0.305 e. The summed E-state index contributed by atoms with van der Waals surface area (Å²) in [5.74, 6) is 0.668. The van der Waals surface area contributed by atoms with Crippen LogP contribution in [0.2, 0.25) is 0 Å². The molecule has 24 heavy (non-hydrogen) atoms. The van der Waals surface area contributed by atoms with Crippen molar-refractivity contribution in [2.24, 2.45) is 0 Å². The van der Waals surface area contributed by atoms with E-state index >= 15 is 0 Å². The average molecular weight is 326 g/mol. The lowest BCUT2D eigenvalue weighted by Gasteiger charge is -2.11. The summed E-state index contributed by atoms with van der Waals surface area (Å²) in [6.07, 6.45) is 4.59. The van der Waals surface area contributed by atoms with Crippen molar-refractivity contribution in [3.05, 3.63) is 65.2 Å². The van der Waals surface area contributed by atoms with Gasteiger partial charge in [0.05, 0.1) is 7.11 Å². The SMILES string of the molecule is CCCCc1ccccc1COc1ccc(CCC(=O)OC)cc1. The van der Waals surface area contributed by atoms with E-state index in [1.54, 1.807) is 0 Å². The van der Waals surface area contributed by atoms with Crippen LogP contribution < -0.4 is 4.74 Å². The van der Waals surface area contributed by atoms with E-state index in [-0.39, 0.29) is 5.97 Å². The molecule has 0 aliphatic carbocycles. The van der Waals surface area contributed by atoms with Crippen LogP contribution in [0.4, 0.5) is 0 Å². The molecule has 0 aliphatic rings. The standard InChI is InChI=1S/C21H26O3/c1-3-4-7-18-8-5-6-9-19(18)16-24-20-13-10-17(11-14-20)12-15-21(22)23-2/h5-6,8-11,13-14H,3-4,7,12,15-16H2,1-2H3. The van der Waals surface area contributed by atoms with Gasteiger partial charge in [0.25, 0.3) is 0 Å². The lowest BCUT2D eigenvalue weighted by Crippen LogP contribution is -2.02. The molecule has 2 rings (SSSR count). The molecule has 0 saturated carbocycles. The van der Waals surface area contributed by atoms with Crippen LogP contribution in [0.1, 0.15) is 42.9 Å². The van der Waals surface area contributed by atoms with Crippen LogP contribution in [0.5, 0.6) is 5.75 Å². The quantitative estimate of drug-likeness (QED) is 0.626. The monoisotopic (exact) mass is 326 g/mol. The fraction of sp³-hybridized carbons (Fsp3) is 0.381. The van der Waals surface area contributed by atoms with Gasteiger partial charge >= 0.3 is 5.97 Å². The lowest BCUT2D eigenvalue weighted by molar-refractivity contribution is -0.140. The zero-order chi connectivity index (χ0) is 17.2. The Kier molecular flexibility index (Phi) is 7.34. The van der Waals surface area contributed by atoms with Gasteiger partial charge in [-0.25, -0.2) is 0 Å². The summed E-state index contributed by atoms with van der Waals surface area (Å²) in [5.41, 5.74) is 3.73. The number of aryl methyl sites for hydroxylation is 2. The van der Waals surface area contributed by atoms with Gasteiger partial charge in [-0.05, 0) is 48.1 Å². The minimum Gasteiger partial charge on any atom is -0.489 e. The molecule has 0 saturated heterocycles. The van der Waals surface area contributed by atoms with Gasteiger partial charge in [-0.3, -0.25) is 4.79 Å². The van der Waals surface area contributed by atoms with E-state index in [1.807, 2.05) is 24.3 Å². The second-order valence-corrected chi connectivity index (χ2v) is 5.88. The van der Waals surface area contributed by atoms with Crippen LogP contribution in [-0.2, 0) is 29.0 Å². The van der Waals surface area contributed by atoms with Crippen molar-refractivity contribution >= 4 is 5.97 Å². The van der Waals surface area contributed by atoms with Crippen molar-refractivity contribution in [1.29, 1.82) is 0 Å². The Hall–Kier alpha value is -2.29. The van der Waals surface area contributed by atoms with Crippen LogP contribution in [0.15, 0.2) is 48.5 Å². The van der Waals surface area contributed by atoms with Crippen LogP contribution in [-0.4, -0.2) is 13.1 Å². The van der Waals surface area contributed by atoms with Crippen molar-refractivity contribution in [2.45, 2.75) is 45.6 Å². The van der Waals surface area contributed by atoms with Crippen LogP contribution in [0.3, 0.4) is 0 Å². The predicted molar refractivity (Wildman–Crippen MR) is 96.2 cm³/mol. The summed E-state index contributed by atoms with van der Waals surface area (Å²) >= 11 is 0. The van der Waals surface area contributed by atoms with Gasteiger partial charge in [0.1, 0.15) is 12.4 Å². The Morgan fingerprint density at radius 2 is 1.67 bits per heavy atom. The molecule has 128 valence electrons. The van der Waals surface area contributed by atoms with Gasteiger partial charge in [0.15, 0.2) is 0 Å². The lowest BCUT2D eigenvalue weighted by atomic mass is 10.0. The number of hydrogen-bond donors (Lipinski definition) is 0. The summed E-state index contributed by atoms with van der Waals surface area (Å²) in [6, 6.07) is 16.4. The minimum absolute atomic E-state index is 0.181. The summed E-state index contributed by atoms with van der Waals surface area (Å²) in [5, 5.41) is 0. The molecule has 0 fully saturated rings. The fourth-order valence-electron chi connectivity index (χ4n) is 2.57. The number of carbonyl (C=O) groups excluding carboxylic acids is 1. The molecule has 0 amide bonds. The molecule has 0 radical (unpaired) electrons. The van der Waals surface area contributed by atoms with Gasteiger partial charge in [-0.15, -0.1) is 0 Å². The first kappa shape index (κ1) is 18.1. The first-order valence-corrected chi connectivity index (χ1v) is 8.58. The molecule has 3 heteroatoms.